The summed E-state index contributed by atoms with van der Waals surface area (Å²) in [6.45, 7) is 1.64. The highest BCUT2D eigenvalue weighted by molar-refractivity contribution is 9.09. The van der Waals surface area contributed by atoms with Crippen molar-refractivity contribution in [3.8, 4) is 0 Å². The molecule has 1 saturated heterocycles. The first-order valence-electron chi connectivity index (χ1n) is 3.55. The van der Waals surface area contributed by atoms with Crippen LogP contribution in [0.4, 0.5) is 0 Å². The fourth-order valence-corrected chi connectivity index (χ4v) is 1.93. The van der Waals surface area contributed by atoms with Crippen molar-refractivity contribution in [1.29, 1.82) is 0 Å². The molecule has 60 valence electrons. The number of methoxy groups -OCH3 is 1. The van der Waals surface area contributed by atoms with Gasteiger partial charge in [0.1, 0.15) is 0 Å². The van der Waals surface area contributed by atoms with Crippen LogP contribution in [0.5, 0.6) is 0 Å². The van der Waals surface area contributed by atoms with E-state index < -0.39 is 0 Å². The minimum Gasteiger partial charge on any atom is -0.379 e. The summed E-state index contributed by atoms with van der Waals surface area (Å²) < 4.78 is 10.5. The predicted octanol–water partition coefficient (Wildman–Crippen LogP) is 1.43. The van der Waals surface area contributed by atoms with Gasteiger partial charge >= 0.3 is 0 Å². The van der Waals surface area contributed by atoms with Crippen molar-refractivity contribution in [2.24, 2.45) is 5.92 Å². The van der Waals surface area contributed by atoms with Gasteiger partial charge in [-0.1, -0.05) is 15.9 Å². The fourth-order valence-electron chi connectivity index (χ4n) is 1.19. The summed E-state index contributed by atoms with van der Waals surface area (Å²) >= 11 is 3.46. The molecule has 2 nitrogen and oxygen atoms in total. The fraction of sp³-hybridized carbons (Fsp3) is 1.00. The predicted molar refractivity (Wildman–Crippen MR) is 43.5 cm³/mol. The molecule has 0 amide bonds. The first-order chi connectivity index (χ1) is 4.88. The van der Waals surface area contributed by atoms with Gasteiger partial charge in [0.2, 0.25) is 0 Å². The van der Waals surface area contributed by atoms with Gasteiger partial charge in [0, 0.05) is 19.0 Å². The summed E-state index contributed by atoms with van der Waals surface area (Å²) in [5.41, 5.74) is 0. The van der Waals surface area contributed by atoms with Gasteiger partial charge in [-0.3, -0.25) is 0 Å². The average molecular weight is 209 g/mol. The Bertz CT molecular complexity index is 85.6. The summed E-state index contributed by atoms with van der Waals surface area (Å²) in [4.78, 5) is 0. The highest BCUT2D eigenvalue weighted by Gasteiger charge is 2.23. The van der Waals surface area contributed by atoms with Crippen molar-refractivity contribution in [2.75, 3.05) is 25.7 Å². The van der Waals surface area contributed by atoms with E-state index in [-0.39, 0.29) is 0 Å². The van der Waals surface area contributed by atoms with Gasteiger partial charge in [-0.25, -0.2) is 0 Å². The molecule has 2 atom stereocenters. The van der Waals surface area contributed by atoms with E-state index >= 15 is 0 Å². The van der Waals surface area contributed by atoms with Crippen LogP contribution in [-0.4, -0.2) is 31.8 Å². The summed E-state index contributed by atoms with van der Waals surface area (Å²) in [5, 5.41) is 1.02. The van der Waals surface area contributed by atoms with Crippen LogP contribution in [0.15, 0.2) is 0 Å². The molecule has 2 unspecified atom stereocenters. The molecule has 0 N–H and O–H groups in total. The molecular weight excluding hydrogens is 196 g/mol. The van der Waals surface area contributed by atoms with E-state index in [1.54, 1.807) is 7.11 Å². The minimum absolute atomic E-state index is 0.299. The lowest BCUT2D eigenvalue weighted by Crippen LogP contribution is -2.34. The lowest BCUT2D eigenvalue weighted by molar-refractivity contribution is -0.0583. The number of alkyl halides is 1. The van der Waals surface area contributed by atoms with Gasteiger partial charge in [0.25, 0.3) is 0 Å². The van der Waals surface area contributed by atoms with Crippen molar-refractivity contribution in [2.45, 2.75) is 12.5 Å². The molecular formula is C7H13BrO2. The van der Waals surface area contributed by atoms with Crippen molar-refractivity contribution >= 4 is 15.9 Å². The van der Waals surface area contributed by atoms with E-state index in [1.165, 1.54) is 0 Å². The van der Waals surface area contributed by atoms with Crippen molar-refractivity contribution in [1.82, 2.24) is 0 Å². The van der Waals surface area contributed by atoms with Crippen LogP contribution in [-0.2, 0) is 9.47 Å². The zero-order valence-corrected chi connectivity index (χ0v) is 7.76. The second-order valence-corrected chi connectivity index (χ2v) is 3.20. The maximum absolute atomic E-state index is 5.26. The van der Waals surface area contributed by atoms with Crippen LogP contribution in [0.2, 0.25) is 0 Å². The largest absolute Gasteiger partial charge is 0.379 e. The molecule has 0 aromatic rings. The van der Waals surface area contributed by atoms with Crippen LogP contribution in [0, 0.1) is 5.92 Å². The Morgan fingerprint density at radius 3 is 3.00 bits per heavy atom. The van der Waals surface area contributed by atoms with Crippen molar-refractivity contribution in [3.63, 3.8) is 0 Å². The Kier molecular flexibility index (Phi) is 3.66. The number of halogens is 1. The molecule has 0 radical (unpaired) electrons. The molecule has 0 spiro atoms. The third-order valence-electron chi connectivity index (χ3n) is 1.94. The minimum atomic E-state index is 0.299. The Hall–Kier alpha value is 0.400. The van der Waals surface area contributed by atoms with E-state index in [1.807, 2.05) is 0 Å². The molecule has 0 aromatic carbocycles. The van der Waals surface area contributed by atoms with Crippen LogP contribution in [0.3, 0.4) is 0 Å². The van der Waals surface area contributed by atoms with Crippen molar-refractivity contribution < 1.29 is 9.47 Å². The summed E-state index contributed by atoms with van der Waals surface area (Å²) in [5.74, 6) is 0.638. The van der Waals surface area contributed by atoms with E-state index in [2.05, 4.69) is 15.9 Å². The lowest BCUT2D eigenvalue weighted by Gasteiger charge is -2.28. The van der Waals surface area contributed by atoms with Crippen LogP contribution in [0.25, 0.3) is 0 Å². The van der Waals surface area contributed by atoms with Crippen LogP contribution < -0.4 is 0 Å². The van der Waals surface area contributed by atoms with Crippen LogP contribution in [0.1, 0.15) is 6.42 Å². The molecule has 1 fully saturated rings. The standard InChI is InChI=1S/C7H13BrO2/c1-9-7-5-10-3-2-6(7)4-8/h6-7H,2-5H2,1H3. The summed E-state index contributed by atoms with van der Waals surface area (Å²) in [6.07, 6.45) is 1.41. The van der Waals surface area contributed by atoms with Gasteiger partial charge in [0.05, 0.1) is 12.7 Å². The van der Waals surface area contributed by atoms with Gasteiger partial charge in [0.15, 0.2) is 0 Å². The molecule has 10 heavy (non-hydrogen) atoms. The zero-order valence-electron chi connectivity index (χ0n) is 6.18. The average Bonchev–Trinajstić information content (AvgIpc) is 2.04. The van der Waals surface area contributed by atoms with Crippen molar-refractivity contribution in [3.05, 3.63) is 0 Å². The monoisotopic (exact) mass is 208 g/mol. The number of rotatable bonds is 2. The molecule has 1 heterocycles. The highest BCUT2D eigenvalue weighted by Crippen LogP contribution is 2.19. The molecule has 0 aromatic heterocycles. The summed E-state index contributed by atoms with van der Waals surface area (Å²) in [6, 6.07) is 0. The maximum Gasteiger partial charge on any atom is 0.0841 e. The second-order valence-electron chi connectivity index (χ2n) is 2.55. The number of hydrogen-bond donors (Lipinski definition) is 0. The first-order valence-corrected chi connectivity index (χ1v) is 4.67. The van der Waals surface area contributed by atoms with E-state index in [4.69, 9.17) is 9.47 Å². The maximum atomic E-state index is 5.26. The molecule has 0 aliphatic carbocycles. The number of hydrogen-bond acceptors (Lipinski definition) is 2. The Labute approximate surface area is 70.0 Å². The summed E-state index contributed by atoms with van der Waals surface area (Å²) in [7, 11) is 1.75. The Morgan fingerprint density at radius 2 is 2.50 bits per heavy atom. The SMILES string of the molecule is COC1COCCC1CBr. The van der Waals surface area contributed by atoms with Gasteiger partial charge in [-0.05, 0) is 12.3 Å². The van der Waals surface area contributed by atoms with Gasteiger partial charge in [-0.15, -0.1) is 0 Å². The highest BCUT2D eigenvalue weighted by atomic mass is 79.9. The Morgan fingerprint density at radius 1 is 1.70 bits per heavy atom. The third kappa shape index (κ3) is 1.94. The topological polar surface area (TPSA) is 18.5 Å². The second kappa shape index (κ2) is 4.31. The van der Waals surface area contributed by atoms with Gasteiger partial charge < -0.3 is 9.47 Å². The third-order valence-corrected chi connectivity index (χ3v) is 2.77. The van der Waals surface area contributed by atoms with Gasteiger partial charge in [-0.2, -0.15) is 0 Å². The molecule has 0 bridgehead atoms. The van der Waals surface area contributed by atoms with E-state index in [0.717, 1.165) is 25.0 Å². The molecule has 1 rings (SSSR count). The van der Waals surface area contributed by atoms with Crippen LogP contribution >= 0.6 is 15.9 Å². The first kappa shape index (κ1) is 8.50. The van der Waals surface area contributed by atoms with E-state index in [9.17, 15) is 0 Å². The molecule has 1 aliphatic rings. The zero-order chi connectivity index (χ0) is 7.40. The Balaban J connectivity index is 2.34. The normalized spacial score (nSPS) is 34.2. The molecule has 0 saturated carbocycles. The number of ether oxygens (including phenoxy) is 2. The molecule has 3 heteroatoms. The lowest BCUT2D eigenvalue weighted by atomic mass is 10.00. The van der Waals surface area contributed by atoms with E-state index in [0.29, 0.717) is 12.0 Å². The quantitative estimate of drug-likeness (QED) is 0.640. The molecule has 1 aliphatic heterocycles. The smallest absolute Gasteiger partial charge is 0.0841 e.